The predicted molar refractivity (Wildman–Crippen MR) is 99.9 cm³/mol. The molecule has 0 saturated heterocycles. The summed E-state index contributed by atoms with van der Waals surface area (Å²) in [4.78, 5) is 4.56. The Morgan fingerprint density at radius 2 is 1.69 bits per heavy atom. The van der Waals surface area contributed by atoms with Gasteiger partial charge in [0.15, 0.2) is 11.5 Å². The SMILES string of the molecule is COc1ccc2nc3cc(OCc4ccccc4)c(O)c(O)c3cc2c1. The lowest BCUT2D eigenvalue weighted by Crippen LogP contribution is -1.96. The highest BCUT2D eigenvalue weighted by Crippen LogP contribution is 2.42. The monoisotopic (exact) mass is 347 g/mol. The van der Waals surface area contributed by atoms with Crippen molar-refractivity contribution in [3.05, 3.63) is 66.2 Å². The maximum Gasteiger partial charge on any atom is 0.201 e. The minimum atomic E-state index is -0.294. The van der Waals surface area contributed by atoms with Gasteiger partial charge in [-0.2, -0.15) is 0 Å². The van der Waals surface area contributed by atoms with Crippen molar-refractivity contribution in [1.29, 1.82) is 0 Å². The van der Waals surface area contributed by atoms with E-state index >= 15 is 0 Å². The van der Waals surface area contributed by atoms with Crippen LogP contribution in [0.3, 0.4) is 0 Å². The summed E-state index contributed by atoms with van der Waals surface area (Å²) in [6.07, 6.45) is 0. The molecule has 0 aliphatic heterocycles. The summed E-state index contributed by atoms with van der Waals surface area (Å²) in [7, 11) is 1.59. The second-order valence-corrected chi connectivity index (χ2v) is 5.96. The first-order valence-electron chi connectivity index (χ1n) is 8.16. The first-order chi connectivity index (χ1) is 12.7. The molecular weight excluding hydrogens is 330 g/mol. The van der Waals surface area contributed by atoms with E-state index < -0.39 is 0 Å². The van der Waals surface area contributed by atoms with Crippen LogP contribution in [-0.2, 0) is 6.61 Å². The fraction of sp³-hybridized carbons (Fsp3) is 0.0952. The third kappa shape index (κ3) is 2.84. The van der Waals surface area contributed by atoms with E-state index in [0.29, 0.717) is 16.7 Å². The summed E-state index contributed by atoms with van der Waals surface area (Å²) in [5, 5.41) is 22.0. The van der Waals surface area contributed by atoms with Gasteiger partial charge in [0.1, 0.15) is 12.4 Å². The van der Waals surface area contributed by atoms with Gasteiger partial charge in [-0.15, -0.1) is 0 Å². The largest absolute Gasteiger partial charge is 0.504 e. The Morgan fingerprint density at radius 3 is 2.46 bits per heavy atom. The second kappa shape index (κ2) is 6.44. The minimum absolute atomic E-state index is 0.194. The number of hydrogen-bond donors (Lipinski definition) is 2. The van der Waals surface area contributed by atoms with E-state index in [1.54, 1.807) is 19.2 Å². The van der Waals surface area contributed by atoms with Crippen LogP contribution < -0.4 is 9.47 Å². The molecule has 0 amide bonds. The van der Waals surface area contributed by atoms with Gasteiger partial charge in [0, 0.05) is 16.8 Å². The number of nitrogens with zero attached hydrogens (tertiary/aromatic N) is 1. The molecule has 5 nitrogen and oxygen atoms in total. The molecule has 5 heteroatoms. The normalized spacial score (nSPS) is 11.0. The molecule has 0 aliphatic rings. The maximum absolute atomic E-state index is 10.4. The molecule has 0 radical (unpaired) electrons. The number of aromatic nitrogens is 1. The molecule has 4 rings (SSSR count). The first kappa shape index (κ1) is 16.0. The summed E-state index contributed by atoms with van der Waals surface area (Å²) in [6, 6.07) is 18.5. The molecule has 3 aromatic carbocycles. The van der Waals surface area contributed by atoms with Crippen molar-refractivity contribution in [1.82, 2.24) is 4.98 Å². The number of aromatic hydroxyl groups is 2. The second-order valence-electron chi connectivity index (χ2n) is 5.96. The maximum atomic E-state index is 10.4. The Kier molecular flexibility index (Phi) is 3.97. The lowest BCUT2D eigenvalue weighted by Gasteiger charge is -2.12. The van der Waals surface area contributed by atoms with Crippen LogP contribution in [0.25, 0.3) is 21.8 Å². The molecule has 130 valence electrons. The average molecular weight is 347 g/mol. The molecular formula is C21H17NO4. The van der Waals surface area contributed by atoms with Crippen molar-refractivity contribution in [3.63, 3.8) is 0 Å². The molecule has 0 aliphatic carbocycles. The van der Waals surface area contributed by atoms with Crippen LogP contribution in [-0.4, -0.2) is 22.3 Å². The quantitative estimate of drug-likeness (QED) is 0.423. The Balaban J connectivity index is 1.78. The van der Waals surface area contributed by atoms with E-state index in [1.807, 2.05) is 48.5 Å². The van der Waals surface area contributed by atoms with Crippen LogP contribution in [0.15, 0.2) is 60.7 Å². The molecule has 0 bridgehead atoms. The van der Waals surface area contributed by atoms with E-state index in [1.165, 1.54) is 0 Å². The molecule has 1 heterocycles. The fourth-order valence-corrected chi connectivity index (χ4v) is 2.88. The third-order valence-corrected chi connectivity index (χ3v) is 4.27. The van der Waals surface area contributed by atoms with Crippen LogP contribution in [0.5, 0.6) is 23.0 Å². The summed E-state index contributed by atoms with van der Waals surface area (Å²) >= 11 is 0. The Bertz CT molecular complexity index is 1090. The third-order valence-electron chi connectivity index (χ3n) is 4.27. The van der Waals surface area contributed by atoms with Gasteiger partial charge in [-0.25, -0.2) is 4.98 Å². The lowest BCUT2D eigenvalue weighted by atomic mass is 10.1. The van der Waals surface area contributed by atoms with E-state index in [4.69, 9.17) is 9.47 Å². The van der Waals surface area contributed by atoms with E-state index in [0.717, 1.165) is 16.5 Å². The highest BCUT2D eigenvalue weighted by molar-refractivity contribution is 5.98. The molecule has 2 N–H and O–H groups in total. The van der Waals surface area contributed by atoms with Crippen LogP contribution in [0.1, 0.15) is 5.56 Å². The Hall–Kier alpha value is -3.47. The fourth-order valence-electron chi connectivity index (χ4n) is 2.88. The molecule has 0 spiro atoms. The number of methoxy groups -OCH3 is 1. The summed E-state index contributed by atoms with van der Waals surface area (Å²) in [6.45, 7) is 0.282. The minimum Gasteiger partial charge on any atom is -0.504 e. The van der Waals surface area contributed by atoms with Gasteiger partial charge in [-0.3, -0.25) is 0 Å². The summed E-state index contributed by atoms with van der Waals surface area (Å²) in [5.41, 5.74) is 2.27. The number of ether oxygens (including phenoxy) is 2. The van der Waals surface area contributed by atoms with Crippen LogP contribution in [0, 0.1) is 0 Å². The highest BCUT2D eigenvalue weighted by atomic mass is 16.5. The topological polar surface area (TPSA) is 71.8 Å². The number of pyridine rings is 1. The van der Waals surface area contributed by atoms with Crippen molar-refractivity contribution in [3.8, 4) is 23.0 Å². The molecule has 26 heavy (non-hydrogen) atoms. The smallest absolute Gasteiger partial charge is 0.201 e. The van der Waals surface area contributed by atoms with Crippen LogP contribution in [0.4, 0.5) is 0 Å². The van der Waals surface area contributed by atoms with E-state index in [2.05, 4.69) is 4.98 Å². The predicted octanol–water partition coefficient (Wildman–Crippen LogP) is 4.39. The molecule has 0 saturated carbocycles. The van der Waals surface area contributed by atoms with Gasteiger partial charge < -0.3 is 19.7 Å². The van der Waals surface area contributed by atoms with Crippen molar-refractivity contribution in [2.45, 2.75) is 6.61 Å². The number of hydrogen-bond acceptors (Lipinski definition) is 5. The molecule has 0 fully saturated rings. The van der Waals surface area contributed by atoms with Gasteiger partial charge in [0.2, 0.25) is 5.75 Å². The zero-order valence-electron chi connectivity index (χ0n) is 14.1. The summed E-state index contributed by atoms with van der Waals surface area (Å²) in [5.74, 6) is 0.352. The van der Waals surface area contributed by atoms with Crippen LogP contribution in [0.2, 0.25) is 0 Å². The van der Waals surface area contributed by atoms with Crippen molar-refractivity contribution >= 4 is 21.8 Å². The van der Waals surface area contributed by atoms with Crippen LogP contribution >= 0.6 is 0 Å². The van der Waals surface area contributed by atoms with Gasteiger partial charge in [-0.05, 0) is 29.8 Å². The van der Waals surface area contributed by atoms with Crippen molar-refractivity contribution < 1.29 is 19.7 Å². The summed E-state index contributed by atoms with van der Waals surface area (Å²) < 4.78 is 10.9. The number of phenolic OH excluding ortho intramolecular Hbond substituents is 2. The first-order valence-corrected chi connectivity index (χ1v) is 8.16. The zero-order chi connectivity index (χ0) is 18.1. The standard InChI is InChI=1S/C21H17NO4/c1-25-15-7-8-17-14(9-15)10-16-18(22-17)11-19(21(24)20(16)23)26-12-13-5-3-2-4-6-13/h2-11,23-24H,12H2,1H3. The van der Waals surface area contributed by atoms with Crippen molar-refractivity contribution in [2.24, 2.45) is 0 Å². The highest BCUT2D eigenvalue weighted by Gasteiger charge is 2.15. The molecule has 4 aromatic rings. The van der Waals surface area contributed by atoms with Gasteiger partial charge in [0.25, 0.3) is 0 Å². The number of fused-ring (bicyclic) bond motifs is 2. The molecule has 0 unspecified atom stereocenters. The Labute approximate surface area is 150 Å². The van der Waals surface area contributed by atoms with Gasteiger partial charge in [-0.1, -0.05) is 30.3 Å². The lowest BCUT2D eigenvalue weighted by molar-refractivity contribution is 0.284. The molecule has 1 aromatic heterocycles. The van der Waals surface area contributed by atoms with Gasteiger partial charge >= 0.3 is 0 Å². The van der Waals surface area contributed by atoms with Gasteiger partial charge in [0.05, 0.1) is 18.1 Å². The number of benzene rings is 3. The van der Waals surface area contributed by atoms with E-state index in [-0.39, 0.29) is 23.9 Å². The average Bonchev–Trinajstić information content (AvgIpc) is 2.69. The number of phenols is 2. The Morgan fingerprint density at radius 1 is 0.885 bits per heavy atom. The van der Waals surface area contributed by atoms with E-state index in [9.17, 15) is 10.2 Å². The van der Waals surface area contributed by atoms with Crippen molar-refractivity contribution in [2.75, 3.05) is 7.11 Å². The zero-order valence-corrected chi connectivity index (χ0v) is 14.1. The molecule has 0 atom stereocenters. The number of rotatable bonds is 4.